The molecule has 0 spiro atoms. The summed E-state index contributed by atoms with van der Waals surface area (Å²) in [6.07, 6.45) is 0. The fourth-order valence-corrected chi connectivity index (χ4v) is 2.32. The van der Waals surface area contributed by atoms with Crippen molar-refractivity contribution in [1.82, 2.24) is 10.5 Å². The van der Waals surface area contributed by atoms with E-state index in [1.165, 1.54) is 5.69 Å². The van der Waals surface area contributed by atoms with E-state index in [-0.39, 0.29) is 0 Å². The fraction of sp³-hybridized carbons (Fsp3) is 0.400. The maximum Gasteiger partial charge on any atom is 0.174 e. The fourth-order valence-electron chi connectivity index (χ4n) is 2.32. The second-order valence-corrected chi connectivity index (χ2v) is 4.95. The molecule has 106 valence electrons. The number of hydrogen-bond acceptors (Lipinski definition) is 5. The predicted molar refractivity (Wildman–Crippen MR) is 77.1 cm³/mol. The summed E-state index contributed by atoms with van der Waals surface area (Å²) in [5, 5.41) is 7.19. The Kier molecular flexibility index (Phi) is 3.87. The van der Waals surface area contributed by atoms with Crippen molar-refractivity contribution in [1.29, 1.82) is 0 Å². The summed E-state index contributed by atoms with van der Waals surface area (Å²) in [5.74, 6) is 1.59. The molecule has 1 aromatic carbocycles. The quantitative estimate of drug-likeness (QED) is 0.923. The van der Waals surface area contributed by atoms with Gasteiger partial charge in [-0.2, -0.15) is 0 Å². The van der Waals surface area contributed by atoms with Gasteiger partial charge in [-0.25, -0.2) is 0 Å². The van der Waals surface area contributed by atoms with Gasteiger partial charge in [0.1, 0.15) is 12.4 Å². The standard InChI is InChI=1S/C15H19N3O2/c1-12-10-15(20-17-12)11-19-14-4-2-13(3-5-14)18-8-6-16-7-9-18/h2-5,10,16H,6-9,11H2,1H3. The molecule has 1 saturated heterocycles. The van der Waals surface area contributed by atoms with Crippen molar-refractivity contribution in [3.05, 3.63) is 41.8 Å². The van der Waals surface area contributed by atoms with E-state index in [4.69, 9.17) is 9.26 Å². The van der Waals surface area contributed by atoms with Crippen LogP contribution in [0.1, 0.15) is 11.5 Å². The summed E-state index contributed by atoms with van der Waals surface area (Å²) >= 11 is 0. The number of nitrogens with one attached hydrogen (secondary N) is 1. The maximum atomic E-state index is 5.68. The third-order valence-electron chi connectivity index (χ3n) is 3.38. The third-order valence-corrected chi connectivity index (χ3v) is 3.38. The van der Waals surface area contributed by atoms with E-state index in [0.717, 1.165) is 43.4 Å². The zero-order chi connectivity index (χ0) is 13.8. The molecule has 0 bridgehead atoms. The van der Waals surface area contributed by atoms with E-state index in [2.05, 4.69) is 27.5 Å². The number of piperazine rings is 1. The molecule has 0 atom stereocenters. The average Bonchev–Trinajstić information content (AvgIpc) is 2.92. The second kappa shape index (κ2) is 5.96. The molecule has 20 heavy (non-hydrogen) atoms. The van der Waals surface area contributed by atoms with Crippen molar-refractivity contribution >= 4 is 5.69 Å². The SMILES string of the molecule is Cc1cc(COc2ccc(N3CCNCC3)cc2)on1. The highest BCUT2D eigenvalue weighted by Gasteiger charge is 2.10. The molecule has 5 heteroatoms. The van der Waals surface area contributed by atoms with Crippen LogP contribution in [0.4, 0.5) is 5.69 Å². The van der Waals surface area contributed by atoms with Gasteiger partial charge >= 0.3 is 0 Å². The third kappa shape index (κ3) is 3.11. The number of aryl methyl sites for hydroxylation is 1. The van der Waals surface area contributed by atoms with Gasteiger partial charge in [-0.15, -0.1) is 0 Å². The molecule has 0 amide bonds. The zero-order valence-electron chi connectivity index (χ0n) is 11.6. The van der Waals surface area contributed by atoms with Crippen molar-refractivity contribution in [3.63, 3.8) is 0 Å². The van der Waals surface area contributed by atoms with Gasteiger partial charge in [0.2, 0.25) is 0 Å². The molecule has 0 unspecified atom stereocenters. The lowest BCUT2D eigenvalue weighted by molar-refractivity contribution is 0.249. The molecule has 1 aliphatic heterocycles. The zero-order valence-corrected chi connectivity index (χ0v) is 11.6. The number of nitrogens with zero attached hydrogens (tertiary/aromatic N) is 2. The Bertz CT molecular complexity index is 545. The number of ether oxygens (including phenoxy) is 1. The van der Waals surface area contributed by atoms with Crippen LogP contribution in [-0.4, -0.2) is 31.3 Å². The van der Waals surface area contributed by atoms with Crippen LogP contribution in [0.15, 0.2) is 34.9 Å². The van der Waals surface area contributed by atoms with Crippen LogP contribution in [0.5, 0.6) is 5.75 Å². The molecule has 3 rings (SSSR count). The number of hydrogen-bond donors (Lipinski definition) is 1. The highest BCUT2D eigenvalue weighted by atomic mass is 16.5. The van der Waals surface area contributed by atoms with Gasteiger partial charge in [-0.1, -0.05) is 5.16 Å². The Labute approximate surface area is 118 Å². The van der Waals surface area contributed by atoms with Crippen LogP contribution in [0, 0.1) is 6.92 Å². The van der Waals surface area contributed by atoms with E-state index in [0.29, 0.717) is 6.61 Å². The second-order valence-electron chi connectivity index (χ2n) is 4.95. The maximum absolute atomic E-state index is 5.68. The van der Waals surface area contributed by atoms with Gasteiger partial charge in [0.15, 0.2) is 5.76 Å². The van der Waals surface area contributed by atoms with E-state index < -0.39 is 0 Å². The van der Waals surface area contributed by atoms with Crippen molar-refractivity contribution < 1.29 is 9.26 Å². The minimum Gasteiger partial charge on any atom is -0.486 e. The molecule has 0 radical (unpaired) electrons. The van der Waals surface area contributed by atoms with E-state index in [1.54, 1.807) is 0 Å². The van der Waals surface area contributed by atoms with Crippen molar-refractivity contribution in [2.24, 2.45) is 0 Å². The van der Waals surface area contributed by atoms with Crippen LogP contribution >= 0.6 is 0 Å². The van der Waals surface area contributed by atoms with Gasteiger partial charge in [-0.3, -0.25) is 0 Å². The lowest BCUT2D eigenvalue weighted by atomic mass is 10.2. The molecule has 5 nitrogen and oxygen atoms in total. The minimum atomic E-state index is 0.411. The van der Waals surface area contributed by atoms with Gasteiger partial charge < -0.3 is 19.5 Å². The Morgan fingerprint density at radius 2 is 2.00 bits per heavy atom. The topological polar surface area (TPSA) is 50.5 Å². The van der Waals surface area contributed by atoms with Crippen molar-refractivity contribution in [3.8, 4) is 5.75 Å². The monoisotopic (exact) mass is 273 g/mol. The molecule has 2 heterocycles. The summed E-state index contributed by atoms with van der Waals surface area (Å²) in [7, 11) is 0. The Morgan fingerprint density at radius 1 is 1.25 bits per heavy atom. The Balaban J connectivity index is 1.58. The van der Waals surface area contributed by atoms with E-state index in [9.17, 15) is 0 Å². The van der Waals surface area contributed by atoms with Gasteiger partial charge in [0, 0.05) is 37.9 Å². The van der Waals surface area contributed by atoms with Gasteiger partial charge in [-0.05, 0) is 31.2 Å². The molecular formula is C15H19N3O2. The van der Waals surface area contributed by atoms with Crippen LogP contribution < -0.4 is 15.0 Å². The van der Waals surface area contributed by atoms with Crippen LogP contribution in [0.25, 0.3) is 0 Å². The lowest BCUT2D eigenvalue weighted by Gasteiger charge is -2.29. The summed E-state index contributed by atoms with van der Waals surface area (Å²) < 4.78 is 10.8. The Morgan fingerprint density at radius 3 is 2.65 bits per heavy atom. The summed E-state index contributed by atoms with van der Waals surface area (Å²) in [6, 6.07) is 10.1. The first kappa shape index (κ1) is 13.0. The van der Waals surface area contributed by atoms with Crippen LogP contribution in [0.3, 0.4) is 0 Å². The summed E-state index contributed by atoms with van der Waals surface area (Å²) in [5.41, 5.74) is 2.12. The molecule has 0 saturated carbocycles. The van der Waals surface area contributed by atoms with Gasteiger partial charge in [0.25, 0.3) is 0 Å². The number of anilines is 1. The number of aromatic nitrogens is 1. The number of benzene rings is 1. The highest BCUT2D eigenvalue weighted by molar-refractivity contribution is 5.49. The molecule has 2 aromatic rings. The lowest BCUT2D eigenvalue weighted by Crippen LogP contribution is -2.43. The normalized spacial score (nSPS) is 15.3. The highest BCUT2D eigenvalue weighted by Crippen LogP contribution is 2.20. The smallest absolute Gasteiger partial charge is 0.174 e. The number of rotatable bonds is 4. The molecular weight excluding hydrogens is 254 g/mol. The molecule has 1 aromatic heterocycles. The van der Waals surface area contributed by atoms with Crippen molar-refractivity contribution in [2.75, 3.05) is 31.1 Å². The van der Waals surface area contributed by atoms with E-state index >= 15 is 0 Å². The van der Waals surface area contributed by atoms with Crippen LogP contribution in [-0.2, 0) is 6.61 Å². The summed E-state index contributed by atoms with van der Waals surface area (Å²) in [6.45, 7) is 6.50. The first-order valence-corrected chi connectivity index (χ1v) is 6.92. The molecule has 0 aliphatic carbocycles. The largest absolute Gasteiger partial charge is 0.486 e. The van der Waals surface area contributed by atoms with Crippen molar-refractivity contribution in [2.45, 2.75) is 13.5 Å². The average molecular weight is 273 g/mol. The Hall–Kier alpha value is -2.01. The minimum absolute atomic E-state index is 0.411. The van der Waals surface area contributed by atoms with Gasteiger partial charge in [0.05, 0.1) is 5.69 Å². The van der Waals surface area contributed by atoms with Crippen LogP contribution in [0.2, 0.25) is 0 Å². The molecule has 1 aliphatic rings. The molecule has 1 fully saturated rings. The molecule has 1 N–H and O–H groups in total. The first-order valence-electron chi connectivity index (χ1n) is 6.92. The van der Waals surface area contributed by atoms with E-state index in [1.807, 2.05) is 25.1 Å². The first-order chi connectivity index (χ1) is 9.81. The predicted octanol–water partition coefficient (Wildman–Crippen LogP) is 1.97. The summed E-state index contributed by atoms with van der Waals surface area (Å²) in [4.78, 5) is 2.38.